The van der Waals surface area contributed by atoms with Crippen LogP contribution in [0, 0.1) is 11.6 Å². The minimum absolute atomic E-state index is 0.267. The fourth-order valence-electron chi connectivity index (χ4n) is 2.60. The molecule has 25 heavy (non-hydrogen) atoms. The molecule has 0 aliphatic heterocycles. The smallest absolute Gasteiger partial charge is 0.270 e. The topological polar surface area (TPSA) is 42.0 Å². The van der Waals surface area contributed by atoms with E-state index in [1.165, 1.54) is 30.5 Å². The Morgan fingerprint density at radius 1 is 0.960 bits per heavy atom. The number of halogens is 2. The quantitative estimate of drug-likeness (QED) is 0.762. The van der Waals surface area contributed by atoms with Crippen LogP contribution in [0.15, 0.2) is 72.9 Å². The number of carbonyl (C=O) groups excluding carboxylic acids is 1. The average Bonchev–Trinajstić information content (AvgIpc) is 2.62. The van der Waals surface area contributed by atoms with Gasteiger partial charge in [-0.25, -0.2) is 8.78 Å². The molecule has 5 heteroatoms. The highest BCUT2D eigenvalue weighted by molar-refractivity contribution is 5.92. The van der Waals surface area contributed by atoms with E-state index in [0.29, 0.717) is 17.5 Å². The van der Waals surface area contributed by atoms with Gasteiger partial charge in [0, 0.05) is 6.20 Å². The summed E-state index contributed by atoms with van der Waals surface area (Å²) in [6.07, 6.45) is 1.86. The number of hydrogen-bond acceptors (Lipinski definition) is 2. The number of hydrogen-bond donors (Lipinski definition) is 1. The molecule has 0 saturated carbocycles. The summed E-state index contributed by atoms with van der Waals surface area (Å²) in [4.78, 5) is 16.4. The molecule has 0 bridgehead atoms. The van der Waals surface area contributed by atoms with Crippen molar-refractivity contribution in [2.45, 2.75) is 12.5 Å². The van der Waals surface area contributed by atoms with Gasteiger partial charge in [0.2, 0.25) is 0 Å². The molecule has 1 atom stereocenters. The molecule has 3 aromatic rings. The van der Waals surface area contributed by atoms with Crippen LogP contribution >= 0.6 is 0 Å². The van der Waals surface area contributed by atoms with Crippen molar-refractivity contribution < 1.29 is 13.6 Å². The van der Waals surface area contributed by atoms with Gasteiger partial charge >= 0.3 is 0 Å². The monoisotopic (exact) mass is 338 g/mol. The summed E-state index contributed by atoms with van der Waals surface area (Å²) in [6.45, 7) is 0. The molecular formula is C20H16F2N2O. The van der Waals surface area contributed by atoms with E-state index in [-0.39, 0.29) is 17.4 Å². The van der Waals surface area contributed by atoms with Gasteiger partial charge in [-0.2, -0.15) is 0 Å². The number of carbonyl (C=O) groups is 1. The Kier molecular flexibility index (Phi) is 5.14. The highest BCUT2D eigenvalue weighted by Gasteiger charge is 2.18. The van der Waals surface area contributed by atoms with E-state index >= 15 is 0 Å². The van der Waals surface area contributed by atoms with Gasteiger partial charge in [-0.05, 0) is 53.9 Å². The maximum atomic E-state index is 13.6. The first-order valence-corrected chi connectivity index (χ1v) is 7.83. The van der Waals surface area contributed by atoms with E-state index in [9.17, 15) is 13.6 Å². The van der Waals surface area contributed by atoms with Crippen molar-refractivity contribution in [3.05, 3.63) is 101 Å². The van der Waals surface area contributed by atoms with Crippen LogP contribution < -0.4 is 5.32 Å². The van der Waals surface area contributed by atoms with E-state index in [0.717, 1.165) is 0 Å². The molecule has 0 fully saturated rings. The van der Waals surface area contributed by atoms with E-state index in [2.05, 4.69) is 10.3 Å². The van der Waals surface area contributed by atoms with Crippen LogP contribution in [0.25, 0.3) is 0 Å². The van der Waals surface area contributed by atoms with Gasteiger partial charge in [0.15, 0.2) is 0 Å². The lowest BCUT2D eigenvalue weighted by molar-refractivity contribution is 0.0931. The maximum absolute atomic E-state index is 13.6. The van der Waals surface area contributed by atoms with Crippen molar-refractivity contribution in [1.29, 1.82) is 0 Å². The Morgan fingerprint density at radius 2 is 1.72 bits per heavy atom. The predicted octanol–water partition coefficient (Wildman–Crippen LogP) is 4.07. The van der Waals surface area contributed by atoms with Gasteiger partial charge in [-0.3, -0.25) is 9.78 Å². The van der Waals surface area contributed by atoms with Crippen LogP contribution in [0.2, 0.25) is 0 Å². The second kappa shape index (κ2) is 7.66. The lowest BCUT2D eigenvalue weighted by Gasteiger charge is -2.19. The normalized spacial score (nSPS) is 11.8. The lowest BCUT2D eigenvalue weighted by atomic mass is 9.98. The molecule has 1 unspecified atom stereocenters. The molecule has 3 nitrogen and oxygen atoms in total. The number of nitrogens with one attached hydrogen (secondary N) is 1. The summed E-state index contributed by atoms with van der Waals surface area (Å²) in [5.41, 5.74) is 1.58. The summed E-state index contributed by atoms with van der Waals surface area (Å²) in [5, 5.41) is 2.85. The Balaban J connectivity index is 1.87. The number of amides is 1. The minimum Gasteiger partial charge on any atom is -0.344 e. The van der Waals surface area contributed by atoms with Gasteiger partial charge in [0.1, 0.15) is 17.3 Å². The number of aromatic nitrogens is 1. The van der Waals surface area contributed by atoms with Crippen molar-refractivity contribution in [3.63, 3.8) is 0 Å². The van der Waals surface area contributed by atoms with Crippen LogP contribution in [0.5, 0.6) is 0 Å². The third-order valence-electron chi connectivity index (χ3n) is 3.78. The Hall–Kier alpha value is -3.08. The standard InChI is InChI=1S/C20H16F2N2O/c21-16-7-3-5-14(11-16)12-19(15-6-4-8-17(22)13-15)24-20(25)18-9-1-2-10-23-18/h1-11,13,19H,12H2,(H,24,25). The molecule has 0 aliphatic carbocycles. The van der Waals surface area contributed by atoms with Gasteiger partial charge in [0.25, 0.3) is 5.91 Å². The number of nitrogens with zero attached hydrogens (tertiary/aromatic N) is 1. The largest absolute Gasteiger partial charge is 0.344 e. The average molecular weight is 338 g/mol. The first-order chi connectivity index (χ1) is 12.1. The Labute approximate surface area is 144 Å². The molecule has 0 aliphatic rings. The molecule has 1 aromatic heterocycles. The molecule has 0 spiro atoms. The van der Waals surface area contributed by atoms with Gasteiger partial charge in [-0.15, -0.1) is 0 Å². The Morgan fingerprint density at radius 3 is 2.40 bits per heavy atom. The summed E-state index contributed by atoms with van der Waals surface area (Å²) in [6, 6.07) is 16.7. The molecule has 1 amide bonds. The summed E-state index contributed by atoms with van der Waals surface area (Å²) in [5.74, 6) is -1.12. The molecule has 3 rings (SSSR count). The van der Waals surface area contributed by atoms with Gasteiger partial charge in [0.05, 0.1) is 6.04 Å². The van der Waals surface area contributed by atoms with E-state index in [4.69, 9.17) is 0 Å². The van der Waals surface area contributed by atoms with Crippen LogP contribution in [0.4, 0.5) is 8.78 Å². The van der Waals surface area contributed by atoms with Crippen LogP contribution in [0.1, 0.15) is 27.7 Å². The van der Waals surface area contributed by atoms with Crippen molar-refractivity contribution >= 4 is 5.91 Å². The summed E-state index contributed by atoms with van der Waals surface area (Å²) in [7, 11) is 0. The van der Waals surface area contributed by atoms with E-state index in [1.54, 1.807) is 42.5 Å². The molecule has 2 aromatic carbocycles. The van der Waals surface area contributed by atoms with Gasteiger partial charge < -0.3 is 5.32 Å². The molecule has 0 saturated heterocycles. The maximum Gasteiger partial charge on any atom is 0.270 e. The minimum atomic E-state index is -0.507. The van der Waals surface area contributed by atoms with Crippen molar-refractivity contribution in [1.82, 2.24) is 10.3 Å². The van der Waals surface area contributed by atoms with Gasteiger partial charge in [-0.1, -0.05) is 30.3 Å². The van der Waals surface area contributed by atoms with E-state index in [1.807, 2.05) is 0 Å². The number of benzene rings is 2. The lowest BCUT2D eigenvalue weighted by Crippen LogP contribution is -2.30. The third-order valence-corrected chi connectivity index (χ3v) is 3.78. The molecule has 126 valence electrons. The first-order valence-electron chi connectivity index (χ1n) is 7.83. The fraction of sp³-hybridized carbons (Fsp3) is 0.100. The predicted molar refractivity (Wildman–Crippen MR) is 90.9 cm³/mol. The summed E-state index contributed by atoms with van der Waals surface area (Å²) >= 11 is 0. The van der Waals surface area contributed by atoms with Crippen molar-refractivity contribution in [3.8, 4) is 0 Å². The zero-order valence-corrected chi connectivity index (χ0v) is 13.3. The second-order valence-corrected chi connectivity index (χ2v) is 5.63. The second-order valence-electron chi connectivity index (χ2n) is 5.63. The third kappa shape index (κ3) is 4.47. The zero-order chi connectivity index (χ0) is 17.6. The van der Waals surface area contributed by atoms with Crippen LogP contribution in [-0.2, 0) is 6.42 Å². The highest BCUT2D eigenvalue weighted by Crippen LogP contribution is 2.20. The zero-order valence-electron chi connectivity index (χ0n) is 13.3. The number of pyridine rings is 1. The Bertz CT molecular complexity index is 868. The van der Waals surface area contributed by atoms with Crippen LogP contribution in [-0.4, -0.2) is 10.9 Å². The summed E-state index contributed by atoms with van der Waals surface area (Å²) < 4.78 is 27.1. The molecule has 1 heterocycles. The van der Waals surface area contributed by atoms with Crippen molar-refractivity contribution in [2.75, 3.05) is 0 Å². The number of rotatable bonds is 5. The highest BCUT2D eigenvalue weighted by atomic mass is 19.1. The van der Waals surface area contributed by atoms with Crippen LogP contribution in [0.3, 0.4) is 0 Å². The fourth-order valence-corrected chi connectivity index (χ4v) is 2.60. The molecule has 0 radical (unpaired) electrons. The van der Waals surface area contributed by atoms with E-state index < -0.39 is 11.9 Å². The van der Waals surface area contributed by atoms with Crippen molar-refractivity contribution in [2.24, 2.45) is 0 Å². The molecule has 1 N–H and O–H groups in total. The first kappa shape index (κ1) is 16.8. The molecular weight excluding hydrogens is 322 g/mol. The SMILES string of the molecule is O=C(NC(Cc1cccc(F)c1)c1cccc(F)c1)c1ccccn1.